The van der Waals surface area contributed by atoms with E-state index in [4.69, 9.17) is 0 Å². The number of imidazole rings is 2. The maximum Gasteiger partial charge on any atom is 0.354 e. The molecule has 0 aliphatic rings. The predicted molar refractivity (Wildman–Crippen MR) is 234 cm³/mol. The Morgan fingerprint density at radius 2 is 1.05 bits per heavy atom. The van der Waals surface area contributed by atoms with E-state index in [1.54, 1.807) is 61.9 Å². The third-order valence-corrected chi connectivity index (χ3v) is 9.23. The molecular weight excluding hydrogens is 773 g/mol. The first-order chi connectivity index (χ1) is 29.4. The van der Waals surface area contributed by atoms with Crippen LogP contribution in [0.1, 0.15) is 54.6 Å². The van der Waals surface area contributed by atoms with Gasteiger partial charge in [0.1, 0.15) is 5.69 Å². The number of anilines is 2. The molecule has 0 fully saturated rings. The van der Waals surface area contributed by atoms with Crippen LogP contribution in [0.5, 0.6) is 0 Å². The maximum atomic E-state index is 12.3. The Labute approximate surface area is 353 Å². The summed E-state index contributed by atoms with van der Waals surface area (Å²) >= 11 is 0. The summed E-state index contributed by atoms with van der Waals surface area (Å²) in [6.45, 7) is 9.03. The molecule has 8 heterocycles. The largest absolute Gasteiger partial charge is 0.477 e. The number of carboxylic acid groups (broad SMARTS) is 1. The molecule has 312 valence electrons. The number of hydrogen-bond acceptors (Lipinski definition) is 13. The Bertz CT molecular complexity index is 2820. The van der Waals surface area contributed by atoms with Gasteiger partial charge in [0.05, 0.1) is 23.8 Å². The molecule has 8 aromatic rings. The van der Waals surface area contributed by atoms with Crippen LogP contribution in [0.25, 0.3) is 33.8 Å². The Kier molecular flexibility index (Phi) is 13.7. The van der Waals surface area contributed by atoms with Crippen LogP contribution in [-0.4, -0.2) is 98.7 Å². The second kappa shape index (κ2) is 19.4. The fourth-order valence-electron chi connectivity index (χ4n) is 6.45. The molecule has 8 aromatic heterocycles. The first kappa shape index (κ1) is 42.9. The molecule has 0 radical (unpaired) electrons. The number of rotatable bonds is 10. The summed E-state index contributed by atoms with van der Waals surface area (Å²) in [7, 11) is 7.18. The van der Waals surface area contributed by atoms with Gasteiger partial charge in [0, 0.05) is 99.3 Å². The monoisotopic (exact) mass is 820 g/mol. The minimum atomic E-state index is -1.04. The molecule has 0 aliphatic heterocycles. The SMILES string of the molecule is CNC.Cc1cc(-c2ncc(CNc3nccn4c(C(=O)N(C)C)cnc34)cc2C)ccn1.Cc1cc(-c2ncc(CNc3nccn4c(C(=O)O)cnc34)cc2C)ccn1. The van der Waals surface area contributed by atoms with Gasteiger partial charge in [0.15, 0.2) is 28.6 Å². The van der Waals surface area contributed by atoms with Gasteiger partial charge in [0.25, 0.3) is 5.91 Å². The molecule has 4 N–H and O–H groups in total. The number of nitrogens with one attached hydrogen (secondary N) is 3. The Morgan fingerprint density at radius 1 is 0.607 bits per heavy atom. The molecule has 0 bridgehead atoms. The number of fused-ring (bicyclic) bond motifs is 2. The Hall–Kier alpha value is -7.66. The lowest BCUT2D eigenvalue weighted by Gasteiger charge is -2.11. The number of amides is 1. The molecule has 17 nitrogen and oxygen atoms in total. The van der Waals surface area contributed by atoms with Crippen molar-refractivity contribution in [1.82, 2.24) is 58.9 Å². The molecule has 0 aromatic carbocycles. The second-order valence-corrected chi connectivity index (χ2v) is 14.3. The van der Waals surface area contributed by atoms with Crippen LogP contribution < -0.4 is 16.0 Å². The number of nitrogens with zero attached hydrogens (tertiary/aromatic N) is 11. The van der Waals surface area contributed by atoms with E-state index < -0.39 is 5.97 Å². The smallest absolute Gasteiger partial charge is 0.354 e. The third-order valence-electron chi connectivity index (χ3n) is 9.23. The summed E-state index contributed by atoms with van der Waals surface area (Å²) in [4.78, 5) is 60.1. The molecule has 0 spiro atoms. The van der Waals surface area contributed by atoms with E-state index >= 15 is 0 Å². The summed E-state index contributed by atoms with van der Waals surface area (Å²) in [6, 6.07) is 12.1. The molecule has 1 amide bonds. The van der Waals surface area contributed by atoms with E-state index in [1.165, 1.54) is 15.5 Å². The van der Waals surface area contributed by atoms with Crippen molar-refractivity contribution in [2.24, 2.45) is 0 Å². The highest BCUT2D eigenvalue weighted by Gasteiger charge is 2.17. The van der Waals surface area contributed by atoms with Crippen molar-refractivity contribution in [2.45, 2.75) is 40.8 Å². The normalized spacial score (nSPS) is 10.7. The lowest BCUT2D eigenvalue weighted by atomic mass is 10.1. The number of hydrogen-bond donors (Lipinski definition) is 4. The van der Waals surface area contributed by atoms with Gasteiger partial charge in [-0.2, -0.15) is 0 Å². The van der Waals surface area contributed by atoms with Crippen molar-refractivity contribution in [2.75, 3.05) is 38.8 Å². The van der Waals surface area contributed by atoms with Crippen molar-refractivity contribution in [3.63, 3.8) is 0 Å². The lowest BCUT2D eigenvalue weighted by molar-refractivity contribution is 0.0688. The van der Waals surface area contributed by atoms with E-state index in [0.717, 1.165) is 56.2 Å². The number of pyridine rings is 4. The number of carbonyl (C=O) groups excluding carboxylic acids is 1. The van der Waals surface area contributed by atoms with Crippen LogP contribution in [0.2, 0.25) is 0 Å². The van der Waals surface area contributed by atoms with E-state index in [-0.39, 0.29) is 11.6 Å². The van der Waals surface area contributed by atoms with Crippen LogP contribution >= 0.6 is 0 Å². The first-order valence-corrected chi connectivity index (χ1v) is 19.3. The summed E-state index contributed by atoms with van der Waals surface area (Å²) in [5.74, 6) is -0.0175. The number of carboxylic acids is 1. The summed E-state index contributed by atoms with van der Waals surface area (Å²) in [5.41, 5.74) is 11.7. The molecular formula is C44H48N14O3. The lowest BCUT2D eigenvalue weighted by Crippen LogP contribution is -2.23. The molecule has 0 atom stereocenters. The molecule has 0 saturated carbocycles. The van der Waals surface area contributed by atoms with Crippen molar-refractivity contribution < 1.29 is 14.7 Å². The molecule has 61 heavy (non-hydrogen) atoms. The van der Waals surface area contributed by atoms with Gasteiger partial charge >= 0.3 is 5.97 Å². The van der Waals surface area contributed by atoms with Gasteiger partial charge in [-0.05, 0) is 88.3 Å². The van der Waals surface area contributed by atoms with Gasteiger partial charge in [-0.15, -0.1) is 0 Å². The fraction of sp³-hybridized carbons (Fsp3) is 0.227. The Morgan fingerprint density at radius 3 is 1.46 bits per heavy atom. The van der Waals surface area contributed by atoms with Crippen LogP contribution in [-0.2, 0) is 13.1 Å². The number of aromatic nitrogens is 10. The average Bonchev–Trinajstić information content (AvgIpc) is 3.88. The first-order valence-electron chi connectivity index (χ1n) is 19.3. The summed E-state index contributed by atoms with van der Waals surface area (Å²) in [5, 5.41) is 18.5. The minimum absolute atomic E-state index is 0.0926. The summed E-state index contributed by atoms with van der Waals surface area (Å²) in [6.07, 6.45) is 16.7. The quantitative estimate of drug-likeness (QED) is 0.124. The zero-order valence-corrected chi connectivity index (χ0v) is 35.3. The van der Waals surface area contributed by atoms with Gasteiger partial charge in [0.2, 0.25) is 0 Å². The summed E-state index contributed by atoms with van der Waals surface area (Å²) < 4.78 is 3.24. The third kappa shape index (κ3) is 10.1. The fourth-order valence-corrected chi connectivity index (χ4v) is 6.45. The topological polar surface area (TPSA) is 206 Å². The van der Waals surface area contributed by atoms with Crippen molar-refractivity contribution >= 4 is 34.8 Å². The van der Waals surface area contributed by atoms with Crippen molar-refractivity contribution in [1.29, 1.82) is 0 Å². The second-order valence-electron chi connectivity index (χ2n) is 14.3. The van der Waals surface area contributed by atoms with Gasteiger partial charge in [-0.25, -0.2) is 24.7 Å². The highest BCUT2D eigenvalue weighted by atomic mass is 16.4. The van der Waals surface area contributed by atoms with E-state index in [1.807, 2.05) is 78.4 Å². The van der Waals surface area contributed by atoms with Crippen LogP contribution in [0.4, 0.5) is 11.6 Å². The molecule has 0 saturated heterocycles. The average molecular weight is 821 g/mol. The molecule has 8 rings (SSSR count). The number of aryl methyl sites for hydroxylation is 4. The highest BCUT2D eigenvalue weighted by molar-refractivity contribution is 5.93. The van der Waals surface area contributed by atoms with Crippen molar-refractivity contribution in [3.8, 4) is 22.5 Å². The number of aromatic carboxylic acids is 1. The van der Waals surface area contributed by atoms with E-state index in [2.05, 4.69) is 68.0 Å². The van der Waals surface area contributed by atoms with Gasteiger partial charge in [-0.1, -0.05) is 12.1 Å². The molecule has 17 heteroatoms. The predicted octanol–water partition coefficient (Wildman–Crippen LogP) is 6.07. The van der Waals surface area contributed by atoms with Crippen LogP contribution in [0.3, 0.4) is 0 Å². The Balaban J connectivity index is 0.000000192. The maximum absolute atomic E-state index is 12.3. The zero-order valence-electron chi connectivity index (χ0n) is 35.3. The minimum Gasteiger partial charge on any atom is -0.477 e. The van der Waals surface area contributed by atoms with Gasteiger partial charge in [-0.3, -0.25) is 33.5 Å². The number of carbonyl (C=O) groups is 2. The zero-order chi connectivity index (χ0) is 43.6. The van der Waals surface area contributed by atoms with Gasteiger partial charge < -0.3 is 26.0 Å². The van der Waals surface area contributed by atoms with Crippen LogP contribution in [0.15, 0.2) is 98.4 Å². The highest BCUT2D eigenvalue weighted by Crippen LogP contribution is 2.24. The van der Waals surface area contributed by atoms with E-state index in [9.17, 15) is 14.7 Å². The van der Waals surface area contributed by atoms with Crippen molar-refractivity contribution in [3.05, 3.63) is 143 Å². The molecule has 0 aliphatic carbocycles. The van der Waals surface area contributed by atoms with E-state index in [0.29, 0.717) is 41.7 Å². The van der Waals surface area contributed by atoms with Crippen LogP contribution in [0, 0.1) is 27.7 Å². The standard InChI is InChI=1S/C22H23N7O.C20H18N6O2.C2H7N/c1-14-9-16(11-25-19(14)17-5-6-23-15(2)10-17)12-26-20-21-27-13-18(22(30)28(3)4)29(21)8-7-24-20;1-12-7-14(9-23-17(12)15-3-4-21-13(2)8-15)10-24-18-19-25-11-16(20(27)28)26(19)6-5-22-18;1-3-2/h5-11,13H,12H2,1-4H3,(H,24,26);3-9,11H,10H2,1-2H3,(H,22,24)(H,27,28);3H,1-2H3. The molecule has 0 unspecified atom stereocenters.